The van der Waals surface area contributed by atoms with E-state index in [1.54, 1.807) is 18.2 Å². The van der Waals surface area contributed by atoms with Crippen LogP contribution in [-0.4, -0.2) is 11.9 Å². The van der Waals surface area contributed by atoms with Gasteiger partial charge >= 0.3 is 0 Å². The fraction of sp³-hybridized carbons (Fsp3) is 0.235. The summed E-state index contributed by atoms with van der Waals surface area (Å²) in [6, 6.07) is 15.4. The number of rotatable bonds is 5. The van der Waals surface area contributed by atoms with Crippen LogP contribution >= 0.6 is 0 Å². The van der Waals surface area contributed by atoms with Gasteiger partial charge in [0.1, 0.15) is 12.4 Å². The summed E-state index contributed by atoms with van der Waals surface area (Å²) in [5, 5.41) is 2.94. The first-order chi connectivity index (χ1) is 10.2. The minimum absolute atomic E-state index is 0.0705. The van der Waals surface area contributed by atoms with E-state index >= 15 is 0 Å². The van der Waals surface area contributed by atoms with Gasteiger partial charge in [0.2, 0.25) is 0 Å². The molecule has 2 aromatic rings. The summed E-state index contributed by atoms with van der Waals surface area (Å²) in [7, 11) is 0. The van der Waals surface area contributed by atoms with Crippen LogP contribution in [0.4, 0.5) is 5.69 Å². The monoisotopic (exact) mass is 282 g/mol. The topological polar surface area (TPSA) is 64.4 Å². The number of hydrogen-bond acceptors (Lipinski definition) is 3. The first kappa shape index (κ1) is 13.5. The largest absolute Gasteiger partial charge is 0.487 e. The summed E-state index contributed by atoms with van der Waals surface area (Å²) in [4.78, 5) is 11.9. The van der Waals surface area contributed by atoms with Gasteiger partial charge in [0, 0.05) is 11.6 Å². The number of hydrogen-bond donors (Lipinski definition) is 2. The molecule has 1 amide bonds. The number of amides is 1. The van der Waals surface area contributed by atoms with Gasteiger partial charge in [0.15, 0.2) is 0 Å². The van der Waals surface area contributed by atoms with Crippen LogP contribution in [0.25, 0.3) is 0 Å². The molecule has 0 saturated heterocycles. The molecule has 4 nitrogen and oxygen atoms in total. The van der Waals surface area contributed by atoms with Crippen molar-refractivity contribution in [1.82, 2.24) is 5.32 Å². The summed E-state index contributed by atoms with van der Waals surface area (Å²) >= 11 is 0. The van der Waals surface area contributed by atoms with E-state index in [1.165, 1.54) is 0 Å². The van der Waals surface area contributed by atoms with E-state index in [2.05, 4.69) is 5.32 Å². The number of carbonyl (C=O) groups is 1. The molecule has 1 saturated carbocycles. The lowest BCUT2D eigenvalue weighted by Gasteiger charge is -2.10. The van der Waals surface area contributed by atoms with E-state index in [0.717, 1.165) is 18.4 Å². The van der Waals surface area contributed by atoms with Gasteiger partial charge in [-0.2, -0.15) is 0 Å². The highest BCUT2D eigenvalue weighted by Gasteiger charge is 2.23. The lowest BCUT2D eigenvalue weighted by atomic mass is 10.1. The molecule has 0 radical (unpaired) electrons. The van der Waals surface area contributed by atoms with Crippen LogP contribution in [0.5, 0.6) is 5.75 Å². The summed E-state index contributed by atoms with van der Waals surface area (Å²) in [5.41, 5.74) is 8.10. The number of nitrogen functional groups attached to an aromatic ring is 1. The molecule has 0 atom stereocenters. The standard InChI is InChI=1S/C17H18N2O2/c18-15-10-13(17(20)19-14-7-8-14)6-9-16(15)21-11-12-4-2-1-3-5-12/h1-6,9-10,14H,7-8,11,18H2,(H,19,20). The average molecular weight is 282 g/mol. The molecule has 0 aliphatic heterocycles. The van der Waals surface area contributed by atoms with Crippen molar-refractivity contribution in [3.63, 3.8) is 0 Å². The molecule has 1 aliphatic rings. The van der Waals surface area contributed by atoms with Crippen molar-refractivity contribution >= 4 is 11.6 Å². The van der Waals surface area contributed by atoms with Crippen LogP contribution in [0, 0.1) is 0 Å². The molecule has 0 aromatic heterocycles. The first-order valence-electron chi connectivity index (χ1n) is 7.09. The molecule has 0 bridgehead atoms. The molecule has 4 heteroatoms. The molecule has 0 unspecified atom stereocenters. The van der Waals surface area contributed by atoms with Gasteiger partial charge in [-0.3, -0.25) is 4.79 Å². The van der Waals surface area contributed by atoms with E-state index < -0.39 is 0 Å². The van der Waals surface area contributed by atoms with Crippen LogP contribution < -0.4 is 15.8 Å². The summed E-state index contributed by atoms with van der Waals surface area (Å²) in [6.45, 7) is 0.457. The zero-order valence-electron chi connectivity index (χ0n) is 11.7. The number of ether oxygens (including phenoxy) is 1. The predicted octanol–water partition coefficient (Wildman–Crippen LogP) is 2.74. The SMILES string of the molecule is Nc1cc(C(=O)NC2CC2)ccc1OCc1ccccc1. The lowest BCUT2D eigenvalue weighted by molar-refractivity contribution is 0.0951. The van der Waals surface area contributed by atoms with Gasteiger partial charge in [-0.25, -0.2) is 0 Å². The van der Waals surface area contributed by atoms with E-state index in [1.807, 2.05) is 30.3 Å². The van der Waals surface area contributed by atoms with E-state index in [9.17, 15) is 4.79 Å². The van der Waals surface area contributed by atoms with Gasteiger partial charge in [-0.1, -0.05) is 30.3 Å². The Kier molecular flexibility index (Phi) is 3.77. The maximum atomic E-state index is 11.9. The van der Waals surface area contributed by atoms with Crippen molar-refractivity contribution in [2.75, 3.05) is 5.73 Å². The zero-order valence-corrected chi connectivity index (χ0v) is 11.7. The van der Waals surface area contributed by atoms with Crippen LogP contribution in [0.1, 0.15) is 28.8 Å². The third kappa shape index (κ3) is 3.54. The molecule has 2 aromatic carbocycles. The Morgan fingerprint density at radius 2 is 1.95 bits per heavy atom. The molecule has 0 heterocycles. The van der Waals surface area contributed by atoms with E-state index in [4.69, 9.17) is 10.5 Å². The van der Waals surface area contributed by atoms with Crippen molar-refractivity contribution in [3.8, 4) is 5.75 Å². The van der Waals surface area contributed by atoms with Crippen molar-refractivity contribution < 1.29 is 9.53 Å². The smallest absolute Gasteiger partial charge is 0.251 e. The first-order valence-corrected chi connectivity index (χ1v) is 7.09. The summed E-state index contributed by atoms with van der Waals surface area (Å²) in [5.74, 6) is 0.528. The Morgan fingerprint density at radius 3 is 2.62 bits per heavy atom. The maximum absolute atomic E-state index is 11.9. The molecule has 0 spiro atoms. The summed E-state index contributed by atoms with van der Waals surface area (Å²) < 4.78 is 5.69. The Hall–Kier alpha value is -2.49. The normalized spacial score (nSPS) is 13.7. The minimum Gasteiger partial charge on any atom is -0.487 e. The highest BCUT2D eigenvalue weighted by Crippen LogP contribution is 2.25. The van der Waals surface area contributed by atoms with Gasteiger partial charge in [0.25, 0.3) is 5.91 Å². The van der Waals surface area contributed by atoms with Crippen molar-refractivity contribution in [2.24, 2.45) is 0 Å². The number of carbonyl (C=O) groups excluding carboxylic acids is 1. The molecular weight excluding hydrogens is 264 g/mol. The Morgan fingerprint density at radius 1 is 1.19 bits per heavy atom. The third-order valence-electron chi connectivity index (χ3n) is 3.42. The zero-order chi connectivity index (χ0) is 14.7. The fourth-order valence-corrected chi connectivity index (χ4v) is 2.05. The van der Waals surface area contributed by atoms with Crippen molar-refractivity contribution in [2.45, 2.75) is 25.5 Å². The van der Waals surface area contributed by atoms with Crippen LogP contribution in [0.2, 0.25) is 0 Å². The molecule has 21 heavy (non-hydrogen) atoms. The number of nitrogens with two attached hydrogens (primary N) is 1. The molecular formula is C17H18N2O2. The maximum Gasteiger partial charge on any atom is 0.251 e. The molecule has 108 valence electrons. The summed E-state index contributed by atoms with van der Waals surface area (Å²) in [6.07, 6.45) is 2.14. The molecule has 3 N–H and O–H groups in total. The van der Waals surface area contributed by atoms with Crippen LogP contribution in [0.15, 0.2) is 48.5 Å². The van der Waals surface area contributed by atoms with Crippen LogP contribution in [-0.2, 0) is 6.61 Å². The number of nitrogens with one attached hydrogen (secondary N) is 1. The van der Waals surface area contributed by atoms with E-state index in [0.29, 0.717) is 29.6 Å². The fourth-order valence-electron chi connectivity index (χ4n) is 2.05. The van der Waals surface area contributed by atoms with Gasteiger partial charge < -0.3 is 15.8 Å². The highest BCUT2D eigenvalue weighted by atomic mass is 16.5. The Bertz CT molecular complexity index is 636. The molecule has 3 rings (SSSR count). The highest BCUT2D eigenvalue weighted by molar-refractivity contribution is 5.95. The quantitative estimate of drug-likeness (QED) is 0.829. The van der Waals surface area contributed by atoms with Gasteiger partial charge in [-0.05, 0) is 36.6 Å². The number of anilines is 1. The third-order valence-corrected chi connectivity index (χ3v) is 3.42. The Labute approximate surface area is 123 Å². The minimum atomic E-state index is -0.0705. The number of benzene rings is 2. The molecule has 1 aliphatic carbocycles. The average Bonchev–Trinajstić information content (AvgIpc) is 3.31. The van der Waals surface area contributed by atoms with Crippen molar-refractivity contribution in [1.29, 1.82) is 0 Å². The van der Waals surface area contributed by atoms with Crippen LogP contribution in [0.3, 0.4) is 0 Å². The van der Waals surface area contributed by atoms with Gasteiger partial charge in [0.05, 0.1) is 5.69 Å². The molecule has 1 fully saturated rings. The van der Waals surface area contributed by atoms with Crippen molar-refractivity contribution in [3.05, 3.63) is 59.7 Å². The second kappa shape index (κ2) is 5.87. The second-order valence-electron chi connectivity index (χ2n) is 5.27. The van der Waals surface area contributed by atoms with E-state index in [-0.39, 0.29) is 5.91 Å². The lowest BCUT2D eigenvalue weighted by Crippen LogP contribution is -2.25. The Balaban J connectivity index is 1.65. The van der Waals surface area contributed by atoms with Gasteiger partial charge in [-0.15, -0.1) is 0 Å². The predicted molar refractivity (Wildman–Crippen MR) is 82.1 cm³/mol. The second-order valence-corrected chi connectivity index (χ2v) is 5.27.